The van der Waals surface area contributed by atoms with Crippen LogP contribution >= 0.6 is 15.9 Å². The third-order valence-electron chi connectivity index (χ3n) is 3.47. The van der Waals surface area contributed by atoms with Crippen LogP contribution in [0.25, 0.3) is 0 Å². The van der Waals surface area contributed by atoms with E-state index in [0.717, 1.165) is 31.2 Å². The van der Waals surface area contributed by atoms with E-state index >= 15 is 0 Å². The molecule has 19 heavy (non-hydrogen) atoms. The topological polar surface area (TPSA) is 75.4 Å². The fourth-order valence-electron chi connectivity index (χ4n) is 2.49. The lowest BCUT2D eigenvalue weighted by atomic mass is 10.0. The van der Waals surface area contributed by atoms with Gasteiger partial charge in [0.15, 0.2) is 0 Å². The van der Waals surface area contributed by atoms with Crippen molar-refractivity contribution in [2.45, 2.75) is 37.8 Å². The molecule has 2 N–H and O–H groups in total. The molecular formula is C13H17BrN2O3. The van der Waals surface area contributed by atoms with Crippen LogP contribution < -0.4 is 5.32 Å². The molecule has 2 rings (SSSR count). The van der Waals surface area contributed by atoms with E-state index in [4.69, 9.17) is 0 Å². The van der Waals surface area contributed by atoms with Gasteiger partial charge in [-0.05, 0) is 24.5 Å². The van der Waals surface area contributed by atoms with Crippen molar-refractivity contribution in [3.63, 3.8) is 0 Å². The molecule has 1 aliphatic rings. The Balaban J connectivity index is 1.94. The fraction of sp³-hybridized carbons (Fsp3) is 0.538. The maximum Gasteiger partial charge on any atom is 0.270 e. The molecule has 0 radical (unpaired) electrons. The number of hydrogen-bond acceptors (Lipinski definition) is 4. The summed E-state index contributed by atoms with van der Waals surface area (Å²) in [6.45, 7) is 1.05. The number of aliphatic hydroxyl groups is 1. The molecule has 0 amide bonds. The molecule has 1 aliphatic carbocycles. The van der Waals surface area contributed by atoms with Gasteiger partial charge in [0.2, 0.25) is 0 Å². The predicted octanol–water partition coefficient (Wildman–Crippen LogP) is 2.75. The molecule has 0 bridgehead atoms. The number of nitro groups is 1. The summed E-state index contributed by atoms with van der Waals surface area (Å²) < 4.78 is 0.693. The van der Waals surface area contributed by atoms with Crippen molar-refractivity contribution in [1.29, 1.82) is 0 Å². The second kappa shape index (κ2) is 5.98. The lowest BCUT2D eigenvalue weighted by molar-refractivity contribution is -0.385. The summed E-state index contributed by atoms with van der Waals surface area (Å²) in [5, 5.41) is 24.1. The zero-order valence-electron chi connectivity index (χ0n) is 10.6. The maximum absolute atomic E-state index is 10.8. The van der Waals surface area contributed by atoms with E-state index in [1.807, 2.05) is 6.07 Å². The first kappa shape index (κ1) is 14.4. The van der Waals surface area contributed by atoms with Crippen LogP contribution in [-0.2, 0) is 6.54 Å². The summed E-state index contributed by atoms with van der Waals surface area (Å²) in [6.07, 6.45) is 3.80. The Morgan fingerprint density at radius 3 is 2.68 bits per heavy atom. The van der Waals surface area contributed by atoms with Crippen molar-refractivity contribution in [2.75, 3.05) is 6.54 Å². The van der Waals surface area contributed by atoms with Gasteiger partial charge in [0.25, 0.3) is 5.69 Å². The van der Waals surface area contributed by atoms with Crippen LogP contribution in [0, 0.1) is 10.1 Å². The number of nitro benzene ring substituents is 1. The molecule has 1 fully saturated rings. The molecule has 1 aromatic rings. The first-order valence-electron chi connectivity index (χ1n) is 6.35. The van der Waals surface area contributed by atoms with Crippen molar-refractivity contribution in [1.82, 2.24) is 5.32 Å². The molecular weight excluding hydrogens is 312 g/mol. The van der Waals surface area contributed by atoms with E-state index in [0.29, 0.717) is 17.6 Å². The molecule has 0 spiro atoms. The van der Waals surface area contributed by atoms with Gasteiger partial charge in [0.05, 0.1) is 10.5 Å². The van der Waals surface area contributed by atoms with Crippen molar-refractivity contribution < 1.29 is 10.0 Å². The highest BCUT2D eigenvalue weighted by atomic mass is 79.9. The van der Waals surface area contributed by atoms with E-state index in [9.17, 15) is 15.2 Å². The minimum absolute atomic E-state index is 0.0748. The van der Waals surface area contributed by atoms with Gasteiger partial charge in [-0.3, -0.25) is 10.1 Å². The Morgan fingerprint density at radius 1 is 1.37 bits per heavy atom. The van der Waals surface area contributed by atoms with E-state index in [2.05, 4.69) is 21.2 Å². The lowest BCUT2D eigenvalue weighted by Gasteiger charge is -2.22. The normalized spacial score (nSPS) is 17.6. The van der Waals surface area contributed by atoms with Crippen LogP contribution in [0.5, 0.6) is 0 Å². The van der Waals surface area contributed by atoms with Gasteiger partial charge in [-0.25, -0.2) is 0 Å². The predicted molar refractivity (Wildman–Crippen MR) is 75.9 cm³/mol. The number of benzene rings is 1. The van der Waals surface area contributed by atoms with E-state index in [-0.39, 0.29) is 5.69 Å². The number of halogens is 1. The molecule has 1 saturated carbocycles. The molecule has 0 aromatic heterocycles. The SMILES string of the molecule is O=[N+]([O-])c1cc(Br)cc(CNCC2(O)CCCC2)c1. The van der Waals surface area contributed by atoms with Crippen LogP contribution in [0.2, 0.25) is 0 Å². The molecule has 0 heterocycles. The second-order valence-corrected chi connectivity index (χ2v) is 6.03. The third-order valence-corrected chi connectivity index (χ3v) is 3.93. The van der Waals surface area contributed by atoms with Crippen molar-refractivity contribution in [3.05, 3.63) is 38.3 Å². The maximum atomic E-state index is 10.8. The summed E-state index contributed by atoms with van der Waals surface area (Å²) in [5.41, 5.74) is 0.311. The Morgan fingerprint density at radius 2 is 2.05 bits per heavy atom. The van der Waals surface area contributed by atoms with Crippen LogP contribution in [0.4, 0.5) is 5.69 Å². The molecule has 0 unspecified atom stereocenters. The van der Waals surface area contributed by atoms with Gasteiger partial charge in [0.1, 0.15) is 0 Å². The zero-order valence-corrected chi connectivity index (χ0v) is 12.1. The lowest BCUT2D eigenvalue weighted by Crippen LogP contribution is -2.37. The van der Waals surface area contributed by atoms with Gasteiger partial charge >= 0.3 is 0 Å². The minimum atomic E-state index is -0.599. The molecule has 6 heteroatoms. The van der Waals surface area contributed by atoms with Gasteiger partial charge < -0.3 is 10.4 Å². The summed E-state index contributed by atoms with van der Waals surface area (Å²) >= 11 is 3.27. The summed E-state index contributed by atoms with van der Waals surface area (Å²) in [5.74, 6) is 0. The van der Waals surface area contributed by atoms with Crippen LogP contribution in [-0.4, -0.2) is 22.2 Å². The van der Waals surface area contributed by atoms with Gasteiger partial charge in [-0.1, -0.05) is 28.8 Å². The Bertz CT molecular complexity index is 473. The van der Waals surface area contributed by atoms with Crippen molar-refractivity contribution in [3.8, 4) is 0 Å². The molecule has 0 saturated heterocycles. The zero-order chi connectivity index (χ0) is 13.9. The largest absolute Gasteiger partial charge is 0.389 e. The summed E-state index contributed by atoms with van der Waals surface area (Å²) in [7, 11) is 0. The van der Waals surface area contributed by atoms with Gasteiger partial charge in [-0.2, -0.15) is 0 Å². The Hall–Kier alpha value is -0.980. The third kappa shape index (κ3) is 3.99. The molecule has 0 atom stereocenters. The smallest absolute Gasteiger partial charge is 0.270 e. The molecule has 0 aliphatic heterocycles. The highest BCUT2D eigenvalue weighted by molar-refractivity contribution is 9.10. The standard InChI is InChI=1S/C13H17BrN2O3/c14-11-5-10(6-12(7-11)16(18)19)8-15-9-13(17)3-1-2-4-13/h5-7,15,17H,1-4,8-9H2. The second-order valence-electron chi connectivity index (χ2n) is 5.11. The number of rotatable bonds is 5. The highest BCUT2D eigenvalue weighted by Gasteiger charge is 2.30. The van der Waals surface area contributed by atoms with E-state index in [1.54, 1.807) is 6.07 Å². The molecule has 104 valence electrons. The van der Waals surface area contributed by atoms with Crippen LogP contribution in [0.15, 0.2) is 22.7 Å². The first-order valence-corrected chi connectivity index (χ1v) is 7.15. The molecule has 1 aromatic carbocycles. The van der Waals surface area contributed by atoms with E-state index < -0.39 is 10.5 Å². The highest BCUT2D eigenvalue weighted by Crippen LogP contribution is 2.28. The van der Waals surface area contributed by atoms with E-state index in [1.165, 1.54) is 6.07 Å². The fourth-order valence-corrected chi connectivity index (χ4v) is 3.02. The van der Waals surface area contributed by atoms with Gasteiger partial charge in [-0.15, -0.1) is 0 Å². The van der Waals surface area contributed by atoms with Crippen LogP contribution in [0.3, 0.4) is 0 Å². The quantitative estimate of drug-likeness (QED) is 0.643. The number of nitrogens with one attached hydrogen (secondary N) is 1. The summed E-state index contributed by atoms with van der Waals surface area (Å²) in [6, 6.07) is 4.88. The number of non-ortho nitro benzene ring substituents is 1. The first-order chi connectivity index (χ1) is 8.98. The Labute approximate surface area is 120 Å². The summed E-state index contributed by atoms with van der Waals surface area (Å²) in [4.78, 5) is 10.4. The van der Waals surface area contributed by atoms with Gasteiger partial charge in [0, 0.05) is 29.7 Å². The molecule has 5 nitrogen and oxygen atoms in total. The van der Waals surface area contributed by atoms with Crippen molar-refractivity contribution in [2.24, 2.45) is 0 Å². The average Bonchev–Trinajstić information content (AvgIpc) is 2.75. The minimum Gasteiger partial charge on any atom is -0.389 e. The number of hydrogen-bond donors (Lipinski definition) is 2. The van der Waals surface area contributed by atoms with Crippen LogP contribution in [0.1, 0.15) is 31.2 Å². The monoisotopic (exact) mass is 328 g/mol. The Kier molecular flexibility index (Phi) is 4.54. The van der Waals surface area contributed by atoms with Crippen molar-refractivity contribution >= 4 is 21.6 Å². The number of nitrogens with zero attached hydrogens (tertiary/aromatic N) is 1. The average molecular weight is 329 g/mol.